The van der Waals surface area contributed by atoms with Crippen LogP contribution in [0.2, 0.25) is 0 Å². The van der Waals surface area contributed by atoms with Gasteiger partial charge in [-0.2, -0.15) is 0 Å². The van der Waals surface area contributed by atoms with Gasteiger partial charge in [0.25, 0.3) is 0 Å². The molecule has 1 fully saturated rings. The van der Waals surface area contributed by atoms with Crippen LogP contribution in [0.15, 0.2) is 24.3 Å². The molecule has 2 heterocycles. The Balaban J connectivity index is 1.52. The first-order valence-corrected chi connectivity index (χ1v) is 7.99. The lowest BCUT2D eigenvalue weighted by Crippen LogP contribution is -2.53. The third-order valence-corrected chi connectivity index (χ3v) is 4.68. The molecule has 0 unspecified atom stereocenters. The van der Waals surface area contributed by atoms with E-state index >= 15 is 0 Å². The van der Waals surface area contributed by atoms with Gasteiger partial charge in [-0.1, -0.05) is 24.3 Å². The summed E-state index contributed by atoms with van der Waals surface area (Å²) in [5, 5.41) is 6.45. The smallest absolute Gasteiger partial charge is 0.237 e. The number of amides is 2. The predicted octanol–water partition coefficient (Wildman–Crippen LogP) is 0.828. The van der Waals surface area contributed by atoms with Gasteiger partial charge < -0.3 is 15.5 Å². The van der Waals surface area contributed by atoms with Gasteiger partial charge in [0.1, 0.15) is 0 Å². The standard InChI is InChI=1S/C17H23N3O2/c1-12(21)20-8-6-15(7-9-20)19-17(22)16-10-13-4-2-3-5-14(13)11-18-16/h2-5,15-16,18H,6-11H2,1H3,(H,19,22)/t16-/m1/s1. The second-order valence-corrected chi connectivity index (χ2v) is 6.20. The molecule has 1 saturated heterocycles. The monoisotopic (exact) mass is 301 g/mol. The molecule has 0 aromatic heterocycles. The molecule has 0 radical (unpaired) electrons. The van der Waals surface area contributed by atoms with Gasteiger partial charge in [0.05, 0.1) is 6.04 Å². The van der Waals surface area contributed by atoms with Gasteiger partial charge >= 0.3 is 0 Å². The van der Waals surface area contributed by atoms with E-state index in [0.29, 0.717) is 0 Å². The Morgan fingerprint density at radius 3 is 2.55 bits per heavy atom. The van der Waals surface area contributed by atoms with Crippen LogP contribution in [-0.4, -0.2) is 41.9 Å². The minimum Gasteiger partial charge on any atom is -0.352 e. The number of hydrogen-bond acceptors (Lipinski definition) is 3. The molecule has 2 aliphatic heterocycles. The number of likely N-dealkylation sites (tertiary alicyclic amines) is 1. The van der Waals surface area contributed by atoms with Gasteiger partial charge in [-0.05, 0) is 30.4 Å². The fourth-order valence-electron chi connectivity index (χ4n) is 3.28. The molecule has 3 rings (SSSR count). The number of rotatable bonds is 2. The summed E-state index contributed by atoms with van der Waals surface area (Å²) in [5.41, 5.74) is 2.54. The lowest BCUT2D eigenvalue weighted by Gasteiger charge is -2.33. The van der Waals surface area contributed by atoms with E-state index in [1.807, 2.05) is 17.0 Å². The van der Waals surface area contributed by atoms with E-state index in [1.165, 1.54) is 11.1 Å². The highest BCUT2D eigenvalue weighted by atomic mass is 16.2. The number of benzene rings is 1. The minimum absolute atomic E-state index is 0.0794. The number of carbonyl (C=O) groups excluding carboxylic acids is 2. The molecule has 2 amide bonds. The molecule has 1 atom stereocenters. The van der Waals surface area contributed by atoms with Gasteiger partial charge in [0, 0.05) is 32.6 Å². The first-order valence-electron chi connectivity index (χ1n) is 7.99. The third kappa shape index (κ3) is 3.30. The van der Waals surface area contributed by atoms with Crippen molar-refractivity contribution in [2.24, 2.45) is 0 Å². The zero-order valence-electron chi connectivity index (χ0n) is 13.0. The van der Waals surface area contributed by atoms with Crippen LogP contribution in [0.1, 0.15) is 30.9 Å². The van der Waals surface area contributed by atoms with Crippen molar-refractivity contribution in [2.75, 3.05) is 13.1 Å². The molecule has 5 heteroatoms. The van der Waals surface area contributed by atoms with Gasteiger partial charge in [-0.25, -0.2) is 0 Å². The molecule has 118 valence electrons. The van der Waals surface area contributed by atoms with Gasteiger partial charge in [-0.15, -0.1) is 0 Å². The Hall–Kier alpha value is -1.88. The van der Waals surface area contributed by atoms with E-state index in [-0.39, 0.29) is 23.9 Å². The van der Waals surface area contributed by atoms with Gasteiger partial charge in [-0.3, -0.25) is 9.59 Å². The van der Waals surface area contributed by atoms with Crippen LogP contribution in [0, 0.1) is 0 Å². The van der Waals surface area contributed by atoms with E-state index in [1.54, 1.807) is 6.92 Å². The van der Waals surface area contributed by atoms with E-state index in [4.69, 9.17) is 0 Å². The fraction of sp³-hybridized carbons (Fsp3) is 0.529. The summed E-state index contributed by atoms with van der Waals surface area (Å²) < 4.78 is 0. The van der Waals surface area contributed by atoms with Crippen molar-refractivity contribution in [2.45, 2.75) is 44.8 Å². The first-order chi connectivity index (χ1) is 10.6. The summed E-state index contributed by atoms with van der Waals surface area (Å²) >= 11 is 0. The van der Waals surface area contributed by atoms with Crippen LogP contribution >= 0.6 is 0 Å². The van der Waals surface area contributed by atoms with Crippen LogP contribution < -0.4 is 10.6 Å². The average molecular weight is 301 g/mol. The van der Waals surface area contributed by atoms with Crippen molar-refractivity contribution < 1.29 is 9.59 Å². The molecule has 0 spiro atoms. The average Bonchev–Trinajstić information content (AvgIpc) is 2.55. The maximum atomic E-state index is 12.4. The second kappa shape index (κ2) is 6.48. The summed E-state index contributed by atoms with van der Waals surface area (Å²) in [5.74, 6) is 0.200. The van der Waals surface area contributed by atoms with Crippen molar-refractivity contribution in [3.05, 3.63) is 35.4 Å². The fourth-order valence-corrected chi connectivity index (χ4v) is 3.28. The van der Waals surface area contributed by atoms with Crippen molar-refractivity contribution in [3.8, 4) is 0 Å². The minimum atomic E-state index is -0.152. The molecule has 2 aliphatic rings. The van der Waals surface area contributed by atoms with Crippen LogP contribution in [0.5, 0.6) is 0 Å². The largest absolute Gasteiger partial charge is 0.352 e. The Morgan fingerprint density at radius 1 is 1.18 bits per heavy atom. The van der Waals surface area contributed by atoms with Crippen LogP contribution in [0.25, 0.3) is 0 Å². The number of nitrogens with zero attached hydrogens (tertiary/aromatic N) is 1. The maximum absolute atomic E-state index is 12.4. The zero-order valence-corrected chi connectivity index (χ0v) is 13.0. The third-order valence-electron chi connectivity index (χ3n) is 4.68. The second-order valence-electron chi connectivity index (χ2n) is 6.20. The summed E-state index contributed by atoms with van der Waals surface area (Å²) in [6.07, 6.45) is 2.43. The van der Waals surface area contributed by atoms with E-state index in [9.17, 15) is 9.59 Å². The summed E-state index contributed by atoms with van der Waals surface area (Å²) in [7, 11) is 0. The molecule has 0 saturated carbocycles. The summed E-state index contributed by atoms with van der Waals surface area (Å²) in [6.45, 7) is 3.82. The number of carbonyl (C=O) groups is 2. The van der Waals surface area contributed by atoms with Crippen LogP contribution in [0.4, 0.5) is 0 Å². The van der Waals surface area contributed by atoms with Crippen LogP contribution in [-0.2, 0) is 22.6 Å². The van der Waals surface area contributed by atoms with Gasteiger partial charge in [0.2, 0.25) is 11.8 Å². The predicted molar refractivity (Wildman–Crippen MR) is 84.2 cm³/mol. The van der Waals surface area contributed by atoms with E-state index < -0.39 is 0 Å². The topological polar surface area (TPSA) is 61.4 Å². The van der Waals surface area contributed by atoms with Crippen molar-refractivity contribution in [3.63, 3.8) is 0 Å². The molecular formula is C17H23N3O2. The summed E-state index contributed by atoms with van der Waals surface area (Å²) in [6, 6.07) is 8.29. The van der Waals surface area contributed by atoms with Gasteiger partial charge in [0.15, 0.2) is 0 Å². The normalized spacial score (nSPS) is 22.0. The van der Waals surface area contributed by atoms with E-state index in [0.717, 1.165) is 38.9 Å². The highest BCUT2D eigenvalue weighted by molar-refractivity contribution is 5.82. The van der Waals surface area contributed by atoms with Crippen molar-refractivity contribution in [1.82, 2.24) is 15.5 Å². The maximum Gasteiger partial charge on any atom is 0.237 e. The quantitative estimate of drug-likeness (QED) is 0.850. The lowest BCUT2D eigenvalue weighted by molar-refractivity contribution is -0.130. The van der Waals surface area contributed by atoms with Crippen molar-refractivity contribution >= 4 is 11.8 Å². The highest BCUT2D eigenvalue weighted by Crippen LogP contribution is 2.17. The molecule has 2 N–H and O–H groups in total. The van der Waals surface area contributed by atoms with Crippen molar-refractivity contribution in [1.29, 1.82) is 0 Å². The van der Waals surface area contributed by atoms with Crippen LogP contribution in [0.3, 0.4) is 0 Å². The Labute approximate surface area is 131 Å². The molecule has 1 aromatic rings. The molecule has 0 bridgehead atoms. The molecule has 1 aromatic carbocycles. The zero-order chi connectivity index (χ0) is 15.5. The first kappa shape index (κ1) is 15.0. The molecule has 5 nitrogen and oxygen atoms in total. The molecule has 0 aliphatic carbocycles. The molecule has 22 heavy (non-hydrogen) atoms. The number of fused-ring (bicyclic) bond motifs is 1. The Bertz CT molecular complexity index is 565. The molecular weight excluding hydrogens is 278 g/mol. The van der Waals surface area contributed by atoms with E-state index in [2.05, 4.69) is 22.8 Å². The summed E-state index contributed by atoms with van der Waals surface area (Å²) in [4.78, 5) is 25.6. The number of piperidine rings is 1. The number of hydrogen-bond donors (Lipinski definition) is 2. The highest BCUT2D eigenvalue weighted by Gasteiger charge is 2.27. The lowest BCUT2D eigenvalue weighted by atomic mass is 9.95. The Morgan fingerprint density at radius 2 is 1.86 bits per heavy atom. The number of nitrogens with one attached hydrogen (secondary N) is 2. The SMILES string of the molecule is CC(=O)N1CCC(NC(=O)[C@H]2Cc3ccccc3CN2)CC1. The Kier molecular flexibility index (Phi) is 4.43.